The van der Waals surface area contributed by atoms with Crippen molar-refractivity contribution in [2.45, 2.75) is 37.2 Å². The number of nitrogens with zero attached hydrogens (tertiary/aromatic N) is 4. The molecule has 3 aromatic heterocycles. The van der Waals surface area contributed by atoms with Crippen LogP contribution in [0.4, 0.5) is 5.82 Å². The zero-order valence-electron chi connectivity index (χ0n) is 15.4. The normalized spacial score (nSPS) is 27.3. The molecular weight excluding hydrogens is 386 g/mol. The maximum atomic E-state index is 10.4. The fourth-order valence-electron chi connectivity index (χ4n) is 3.21. The number of methoxy groups -OCH3 is 1. The first-order chi connectivity index (χ1) is 14.0. The van der Waals surface area contributed by atoms with Crippen molar-refractivity contribution in [1.29, 1.82) is 0 Å². The number of hydrogen-bond donors (Lipinski definition) is 5. The number of rotatable bonds is 6. The molecule has 1 fully saturated rings. The monoisotopic (exact) mass is 407 g/mol. The average molecular weight is 407 g/mol. The van der Waals surface area contributed by atoms with Crippen LogP contribution in [0.2, 0.25) is 0 Å². The van der Waals surface area contributed by atoms with Gasteiger partial charge in [-0.3, -0.25) is 4.57 Å². The Labute approximate surface area is 164 Å². The van der Waals surface area contributed by atoms with Gasteiger partial charge in [0.2, 0.25) is 0 Å². The Kier molecular flexibility index (Phi) is 5.34. The first-order valence-electron chi connectivity index (χ1n) is 8.88. The number of imidazole rings is 1. The van der Waals surface area contributed by atoms with Crippen LogP contribution in [-0.2, 0) is 11.3 Å². The van der Waals surface area contributed by atoms with Crippen molar-refractivity contribution in [2.24, 2.45) is 0 Å². The standard InChI is InChI=1S/C17H21N5O7/c1-27-10-3-2-8(28-10)4-18-15-11-16(20-6-19-15)22(7-21-11)17-14(26)13(25)12(24)9(5-23)29-17/h2-3,6-7,9,12-14,17,23-26H,4-5H2,1H3,(H,18,19,20)/t9-,12-,13+,14-,17?/m1/s1. The smallest absolute Gasteiger partial charge is 0.284 e. The quantitative estimate of drug-likeness (QED) is 0.340. The molecule has 0 aliphatic carbocycles. The number of nitrogens with one attached hydrogen (secondary N) is 1. The van der Waals surface area contributed by atoms with Crippen molar-refractivity contribution in [3.05, 3.63) is 30.5 Å². The molecule has 4 heterocycles. The molecule has 29 heavy (non-hydrogen) atoms. The van der Waals surface area contributed by atoms with Crippen LogP contribution >= 0.6 is 0 Å². The highest BCUT2D eigenvalue weighted by atomic mass is 16.6. The maximum Gasteiger partial charge on any atom is 0.284 e. The Bertz CT molecular complexity index is 974. The molecule has 4 rings (SSSR count). The van der Waals surface area contributed by atoms with E-state index in [1.807, 2.05) is 0 Å². The van der Waals surface area contributed by atoms with E-state index in [0.717, 1.165) is 0 Å². The molecule has 0 spiro atoms. The average Bonchev–Trinajstić information content (AvgIpc) is 3.38. The Morgan fingerprint density at radius 1 is 1.14 bits per heavy atom. The summed E-state index contributed by atoms with van der Waals surface area (Å²) in [5, 5.41) is 42.8. The van der Waals surface area contributed by atoms with Gasteiger partial charge < -0.3 is 39.6 Å². The van der Waals surface area contributed by atoms with Crippen molar-refractivity contribution >= 4 is 17.0 Å². The molecule has 5 N–H and O–H groups in total. The van der Waals surface area contributed by atoms with Crippen molar-refractivity contribution in [3.8, 4) is 5.95 Å². The van der Waals surface area contributed by atoms with Gasteiger partial charge in [-0.1, -0.05) is 0 Å². The van der Waals surface area contributed by atoms with Crippen molar-refractivity contribution in [3.63, 3.8) is 0 Å². The van der Waals surface area contributed by atoms with Gasteiger partial charge in [-0.15, -0.1) is 0 Å². The van der Waals surface area contributed by atoms with E-state index in [1.54, 1.807) is 12.1 Å². The van der Waals surface area contributed by atoms with Crippen molar-refractivity contribution in [2.75, 3.05) is 19.0 Å². The first-order valence-corrected chi connectivity index (χ1v) is 8.88. The summed E-state index contributed by atoms with van der Waals surface area (Å²) in [6.07, 6.45) is -3.85. The van der Waals surface area contributed by atoms with Gasteiger partial charge >= 0.3 is 0 Å². The topological polar surface area (TPSA) is 168 Å². The zero-order chi connectivity index (χ0) is 20.5. The summed E-state index contributed by atoms with van der Waals surface area (Å²) >= 11 is 0. The number of aliphatic hydroxyl groups excluding tert-OH is 4. The molecule has 5 atom stereocenters. The minimum atomic E-state index is -1.50. The predicted molar refractivity (Wildman–Crippen MR) is 96.9 cm³/mol. The van der Waals surface area contributed by atoms with Crippen LogP contribution in [0, 0.1) is 0 Å². The second-order valence-corrected chi connectivity index (χ2v) is 6.54. The molecule has 1 aliphatic heterocycles. The highest BCUT2D eigenvalue weighted by molar-refractivity contribution is 5.82. The van der Waals surface area contributed by atoms with Crippen molar-refractivity contribution in [1.82, 2.24) is 19.5 Å². The van der Waals surface area contributed by atoms with Gasteiger partial charge in [0, 0.05) is 6.07 Å². The lowest BCUT2D eigenvalue weighted by atomic mass is 9.98. The van der Waals surface area contributed by atoms with E-state index in [4.69, 9.17) is 13.9 Å². The summed E-state index contributed by atoms with van der Waals surface area (Å²) in [7, 11) is 1.51. The minimum absolute atomic E-state index is 0.322. The van der Waals surface area contributed by atoms with Gasteiger partial charge in [0.15, 0.2) is 23.2 Å². The third kappa shape index (κ3) is 3.52. The summed E-state index contributed by atoms with van der Waals surface area (Å²) in [5.41, 5.74) is 0.742. The van der Waals surface area contributed by atoms with E-state index in [9.17, 15) is 20.4 Å². The van der Waals surface area contributed by atoms with Gasteiger partial charge in [-0.2, -0.15) is 0 Å². The largest absolute Gasteiger partial charge is 0.468 e. The van der Waals surface area contributed by atoms with Crippen LogP contribution in [0.5, 0.6) is 5.95 Å². The number of fused-ring (bicyclic) bond motifs is 1. The fraction of sp³-hybridized carbons (Fsp3) is 0.471. The van der Waals surface area contributed by atoms with Crippen LogP contribution in [0.1, 0.15) is 12.0 Å². The van der Waals surface area contributed by atoms with Gasteiger partial charge in [0.1, 0.15) is 36.5 Å². The van der Waals surface area contributed by atoms with Gasteiger partial charge in [0.05, 0.1) is 26.6 Å². The summed E-state index contributed by atoms with van der Waals surface area (Å²) in [6.45, 7) is -0.204. The predicted octanol–water partition coefficient (Wildman–Crippen LogP) is -0.988. The molecule has 0 amide bonds. The van der Waals surface area contributed by atoms with Crippen LogP contribution in [-0.4, -0.2) is 78.1 Å². The Balaban J connectivity index is 1.60. The number of ether oxygens (including phenoxy) is 2. The second kappa shape index (κ2) is 7.93. The molecule has 1 aliphatic rings. The van der Waals surface area contributed by atoms with Crippen LogP contribution in [0.3, 0.4) is 0 Å². The Hall–Kier alpha value is -2.77. The second-order valence-electron chi connectivity index (χ2n) is 6.54. The number of aliphatic hydroxyl groups is 4. The Morgan fingerprint density at radius 3 is 2.69 bits per heavy atom. The highest BCUT2D eigenvalue weighted by Crippen LogP contribution is 2.31. The number of furan rings is 1. The molecule has 12 nitrogen and oxygen atoms in total. The van der Waals surface area contributed by atoms with E-state index < -0.39 is 37.3 Å². The number of anilines is 1. The molecule has 1 saturated heterocycles. The SMILES string of the molecule is COc1ccc(CNc2ncnc3c2ncn3C2O[C@H](CO)[C@@H](O)[C@H](O)[C@H]2O)o1. The van der Waals surface area contributed by atoms with Crippen LogP contribution < -0.4 is 10.1 Å². The molecular formula is C17H21N5O7. The number of aromatic nitrogens is 4. The third-order valence-corrected chi connectivity index (χ3v) is 4.77. The molecule has 0 bridgehead atoms. The highest BCUT2D eigenvalue weighted by Gasteiger charge is 2.44. The Morgan fingerprint density at radius 2 is 1.97 bits per heavy atom. The molecule has 3 aromatic rings. The van der Waals surface area contributed by atoms with Gasteiger partial charge in [-0.25, -0.2) is 15.0 Å². The van der Waals surface area contributed by atoms with Gasteiger partial charge in [0.25, 0.3) is 5.95 Å². The fourth-order valence-corrected chi connectivity index (χ4v) is 3.21. The molecule has 0 saturated carbocycles. The molecule has 12 heteroatoms. The summed E-state index contributed by atoms with van der Waals surface area (Å²) < 4.78 is 17.4. The maximum absolute atomic E-state index is 10.4. The lowest BCUT2D eigenvalue weighted by Gasteiger charge is -2.40. The first kappa shape index (κ1) is 19.5. The molecule has 0 radical (unpaired) electrons. The van der Waals surface area contributed by atoms with E-state index in [0.29, 0.717) is 35.2 Å². The lowest BCUT2D eigenvalue weighted by Crippen LogP contribution is -2.56. The summed E-state index contributed by atoms with van der Waals surface area (Å²) in [4.78, 5) is 12.6. The van der Waals surface area contributed by atoms with Crippen LogP contribution in [0.15, 0.2) is 29.2 Å². The summed E-state index contributed by atoms with van der Waals surface area (Å²) in [6, 6.07) is 3.46. The van der Waals surface area contributed by atoms with E-state index >= 15 is 0 Å². The molecule has 1 unspecified atom stereocenters. The van der Waals surface area contributed by atoms with Crippen molar-refractivity contribution < 1.29 is 34.3 Å². The number of hydrogen-bond acceptors (Lipinski definition) is 11. The lowest BCUT2D eigenvalue weighted by molar-refractivity contribution is -0.250. The molecule has 0 aromatic carbocycles. The van der Waals surface area contributed by atoms with Gasteiger partial charge in [-0.05, 0) is 6.07 Å². The van der Waals surface area contributed by atoms with E-state index in [2.05, 4.69) is 20.3 Å². The zero-order valence-corrected chi connectivity index (χ0v) is 15.4. The van der Waals surface area contributed by atoms with E-state index in [-0.39, 0.29) is 0 Å². The van der Waals surface area contributed by atoms with Crippen LogP contribution in [0.25, 0.3) is 11.2 Å². The molecule has 156 valence electrons. The minimum Gasteiger partial charge on any atom is -0.468 e. The van der Waals surface area contributed by atoms with E-state index in [1.165, 1.54) is 24.3 Å². The summed E-state index contributed by atoms with van der Waals surface area (Å²) in [5.74, 6) is 1.44. The third-order valence-electron chi connectivity index (χ3n) is 4.77.